The molecule has 1 unspecified atom stereocenters. The summed E-state index contributed by atoms with van der Waals surface area (Å²) in [5.41, 5.74) is 5.21. The Morgan fingerprint density at radius 3 is 2.00 bits per heavy atom. The van der Waals surface area contributed by atoms with Crippen molar-refractivity contribution in [3.8, 4) is 28.4 Å². The first-order valence-electron chi connectivity index (χ1n) is 15.3. The van der Waals surface area contributed by atoms with Crippen LogP contribution in [0.15, 0.2) is 91.0 Å². The van der Waals surface area contributed by atoms with Gasteiger partial charge in [0.2, 0.25) is 5.91 Å². The van der Waals surface area contributed by atoms with Crippen LogP contribution in [0.5, 0.6) is 17.2 Å². The number of carbonyl (C=O) groups is 2. The normalized spacial score (nSPS) is 12.3. The number of rotatable bonds is 14. The van der Waals surface area contributed by atoms with Gasteiger partial charge in [0.25, 0.3) is 0 Å². The van der Waals surface area contributed by atoms with E-state index < -0.39 is 11.9 Å². The van der Waals surface area contributed by atoms with Gasteiger partial charge in [0.05, 0.1) is 32.8 Å². The van der Waals surface area contributed by atoms with E-state index >= 15 is 0 Å². The monoisotopic (exact) mass is 609 g/mol. The van der Waals surface area contributed by atoms with Crippen LogP contribution in [0.1, 0.15) is 55.4 Å². The highest BCUT2D eigenvalue weighted by Gasteiger charge is 2.26. The second-order valence-corrected chi connectivity index (χ2v) is 11.7. The number of carbonyl (C=O) groups excluding carboxylic acids is 2. The first-order valence-corrected chi connectivity index (χ1v) is 15.3. The van der Waals surface area contributed by atoms with Crippen molar-refractivity contribution in [2.45, 2.75) is 52.0 Å². The Morgan fingerprint density at radius 2 is 1.44 bits per heavy atom. The lowest BCUT2D eigenvalue weighted by Crippen LogP contribution is -2.41. The van der Waals surface area contributed by atoms with Gasteiger partial charge in [-0.2, -0.15) is 0 Å². The van der Waals surface area contributed by atoms with Crippen LogP contribution in [-0.4, -0.2) is 43.9 Å². The highest BCUT2D eigenvalue weighted by molar-refractivity contribution is 5.85. The molecule has 0 aliphatic rings. The number of aliphatic hydroxyl groups excluding tert-OH is 1. The van der Waals surface area contributed by atoms with Crippen molar-refractivity contribution in [2.75, 3.05) is 20.8 Å². The SMILES string of the molecule is COc1ccc(Cc2cc(CC(C(=O)N[C@H](CO)CC(C)C)c3ccccc3)cc(-c3ccc(OC)cc3)c2OC(C)=O)cc1. The zero-order valence-corrected chi connectivity index (χ0v) is 26.7. The van der Waals surface area contributed by atoms with Gasteiger partial charge in [0.15, 0.2) is 0 Å². The predicted molar refractivity (Wildman–Crippen MR) is 177 cm³/mol. The van der Waals surface area contributed by atoms with Crippen LogP contribution >= 0.6 is 0 Å². The summed E-state index contributed by atoms with van der Waals surface area (Å²) in [6.07, 6.45) is 1.57. The number of methoxy groups -OCH3 is 2. The molecule has 0 fully saturated rings. The first-order chi connectivity index (χ1) is 21.7. The molecule has 1 amide bonds. The zero-order chi connectivity index (χ0) is 32.3. The molecule has 236 valence electrons. The maximum Gasteiger partial charge on any atom is 0.308 e. The summed E-state index contributed by atoms with van der Waals surface area (Å²) < 4.78 is 16.6. The van der Waals surface area contributed by atoms with Gasteiger partial charge < -0.3 is 24.6 Å². The molecule has 0 aliphatic carbocycles. The van der Waals surface area contributed by atoms with E-state index in [0.717, 1.165) is 39.1 Å². The summed E-state index contributed by atoms with van der Waals surface area (Å²) in [7, 11) is 3.24. The molecule has 0 aliphatic heterocycles. The standard InChI is InChI=1S/C38H43NO6/c1-25(2)19-32(24-40)39-38(42)36(29-9-7-6-8-10-29)23-28-21-31(20-27-11-15-33(43-4)16-12-27)37(45-26(3)41)35(22-28)30-13-17-34(44-5)18-14-30/h6-18,21-22,25,32,36,40H,19-20,23-24H2,1-5H3,(H,39,42)/t32-,36?/m0/s1. The van der Waals surface area contributed by atoms with Gasteiger partial charge in [-0.15, -0.1) is 0 Å². The molecule has 0 saturated heterocycles. The van der Waals surface area contributed by atoms with E-state index in [2.05, 4.69) is 19.2 Å². The van der Waals surface area contributed by atoms with Gasteiger partial charge in [-0.25, -0.2) is 0 Å². The summed E-state index contributed by atoms with van der Waals surface area (Å²) in [4.78, 5) is 26.3. The summed E-state index contributed by atoms with van der Waals surface area (Å²) in [5, 5.41) is 13.1. The minimum atomic E-state index is -0.510. The molecule has 7 heteroatoms. The third-order valence-electron chi connectivity index (χ3n) is 7.71. The second-order valence-electron chi connectivity index (χ2n) is 11.7. The molecule has 0 heterocycles. The lowest BCUT2D eigenvalue weighted by atomic mass is 9.87. The molecular weight excluding hydrogens is 566 g/mol. The van der Waals surface area contributed by atoms with Crippen LogP contribution in [-0.2, 0) is 22.4 Å². The summed E-state index contributed by atoms with van der Waals surface area (Å²) >= 11 is 0. The molecule has 2 atom stereocenters. The Kier molecular flexibility index (Phi) is 11.8. The van der Waals surface area contributed by atoms with Crippen molar-refractivity contribution in [1.82, 2.24) is 5.32 Å². The number of ether oxygens (including phenoxy) is 3. The largest absolute Gasteiger partial charge is 0.497 e. The molecule has 0 bridgehead atoms. The molecule has 2 N–H and O–H groups in total. The fraction of sp³-hybridized carbons (Fsp3) is 0.316. The lowest BCUT2D eigenvalue weighted by Gasteiger charge is -2.24. The number of aliphatic hydroxyl groups is 1. The van der Waals surface area contributed by atoms with E-state index in [0.29, 0.717) is 36.7 Å². The third kappa shape index (κ3) is 9.19. The Morgan fingerprint density at radius 1 is 0.822 bits per heavy atom. The van der Waals surface area contributed by atoms with Crippen LogP contribution in [0.3, 0.4) is 0 Å². The number of amides is 1. The van der Waals surface area contributed by atoms with Crippen LogP contribution in [0.25, 0.3) is 11.1 Å². The first kappa shape index (κ1) is 33.3. The van der Waals surface area contributed by atoms with Gasteiger partial charge in [0.1, 0.15) is 17.2 Å². The van der Waals surface area contributed by atoms with E-state index in [4.69, 9.17) is 14.2 Å². The van der Waals surface area contributed by atoms with Gasteiger partial charge in [-0.1, -0.05) is 74.5 Å². The van der Waals surface area contributed by atoms with Crippen molar-refractivity contribution < 1.29 is 28.9 Å². The fourth-order valence-electron chi connectivity index (χ4n) is 5.55. The Hall–Kier alpha value is -4.62. The maximum atomic E-state index is 13.9. The minimum Gasteiger partial charge on any atom is -0.497 e. The fourth-order valence-corrected chi connectivity index (χ4v) is 5.55. The lowest BCUT2D eigenvalue weighted by molar-refractivity contribution is -0.132. The molecule has 0 spiro atoms. The van der Waals surface area contributed by atoms with E-state index in [1.165, 1.54) is 6.92 Å². The average Bonchev–Trinajstić information content (AvgIpc) is 3.04. The molecule has 0 saturated carbocycles. The molecule has 4 aromatic rings. The van der Waals surface area contributed by atoms with E-state index in [9.17, 15) is 14.7 Å². The van der Waals surface area contributed by atoms with Crippen molar-refractivity contribution in [3.05, 3.63) is 113 Å². The number of esters is 1. The van der Waals surface area contributed by atoms with E-state index in [1.807, 2.05) is 91.0 Å². The summed E-state index contributed by atoms with van der Waals surface area (Å²) in [5.74, 6) is 1.18. The van der Waals surface area contributed by atoms with Gasteiger partial charge in [-0.05, 0) is 71.3 Å². The van der Waals surface area contributed by atoms with Gasteiger partial charge >= 0.3 is 5.97 Å². The van der Waals surface area contributed by atoms with E-state index in [-0.39, 0.29) is 18.6 Å². The number of benzene rings is 4. The number of nitrogens with one attached hydrogen (secondary N) is 1. The molecule has 0 radical (unpaired) electrons. The third-order valence-corrected chi connectivity index (χ3v) is 7.71. The second kappa shape index (κ2) is 15.9. The Bertz CT molecular complexity index is 1550. The molecule has 45 heavy (non-hydrogen) atoms. The predicted octanol–water partition coefficient (Wildman–Crippen LogP) is 6.74. The van der Waals surface area contributed by atoms with Gasteiger partial charge in [0, 0.05) is 24.5 Å². The van der Waals surface area contributed by atoms with Crippen LogP contribution in [0.2, 0.25) is 0 Å². The zero-order valence-electron chi connectivity index (χ0n) is 26.7. The maximum absolute atomic E-state index is 13.9. The van der Waals surface area contributed by atoms with Crippen molar-refractivity contribution in [3.63, 3.8) is 0 Å². The highest BCUT2D eigenvalue weighted by atomic mass is 16.5. The summed E-state index contributed by atoms with van der Waals surface area (Å²) in [6, 6.07) is 28.7. The van der Waals surface area contributed by atoms with Crippen LogP contribution in [0.4, 0.5) is 0 Å². The molecule has 4 aromatic carbocycles. The molecule has 4 rings (SSSR count). The highest BCUT2D eigenvalue weighted by Crippen LogP contribution is 2.38. The minimum absolute atomic E-state index is 0.129. The van der Waals surface area contributed by atoms with Crippen molar-refractivity contribution in [1.29, 1.82) is 0 Å². The Labute approximate surface area is 266 Å². The average molecular weight is 610 g/mol. The van der Waals surface area contributed by atoms with Crippen molar-refractivity contribution >= 4 is 11.9 Å². The molecular formula is C38H43NO6. The van der Waals surface area contributed by atoms with Crippen LogP contribution < -0.4 is 19.5 Å². The quantitative estimate of drug-likeness (QED) is 0.122. The molecule has 7 nitrogen and oxygen atoms in total. The van der Waals surface area contributed by atoms with Gasteiger partial charge in [-0.3, -0.25) is 9.59 Å². The van der Waals surface area contributed by atoms with Crippen molar-refractivity contribution in [2.24, 2.45) is 5.92 Å². The number of hydrogen-bond acceptors (Lipinski definition) is 6. The molecule has 0 aromatic heterocycles. The smallest absolute Gasteiger partial charge is 0.308 e. The Balaban J connectivity index is 1.83. The summed E-state index contributed by atoms with van der Waals surface area (Å²) in [6.45, 7) is 5.40. The van der Waals surface area contributed by atoms with Crippen LogP contribution in [0, 0.1) is 5.92 Å². The van der Waals surface area contributed by atoms with E-state index in [1.54, 1.807) is 14.2 Å². The topological polar surface area (TPSA) is 94.1 Å². The number of hydrogen-bond donors (Lipinski definition) is 2.